The summed E-state index contributed by atoms with van der Waals surface area (Å²) in [6, 6.07) is 29.4. The highest BCUT2D eigenvalue weighted by Gasteiger charge is 2.10. The van der Waals surface area contributed by atoms with Crippen LogP contribution in [0, 0.1) is 11.3 Å². The first-order valence-electron chi connectivity index (χ1n) is 14.9. The number of nitrogens with zero attached hydrogens (tertiary/aromatic N) is 1. The van der Waals surface area contributed by atoms with Crippen LogP contribution in [0.1, 0.15) is 53.6 Å². The number of carbonyl (C=O) groups excluding carboxylic acids is 2. The van der Waals surface area contributed by atoms with Gasteiger partial charge in [-0.1, -0.05) is 42.5 Å². The Labute approximate surface area is 263 Å². The Morgan fingerprint density at radius 2 is 1.44 bits per heavy atom. The molecule has 0 atom stereocenters. The quantitative estimate of drug-likeness (QED) is 0.0472. The second-order valence-corrected chi connectivity index (χ2v) is 10.4. The lowest BCUT2D eigenvalue weighted by Gasteiger charge is -2.08. The van der Waals surface area contributed by atoms with Gasteiger partial charge in [0.25, 0.3) is 0 Å². The van der Waals surface area contributed by atoms with Crippen molar-refractivity contribution < 1.29 is 23.8 Å². The molecule has 4 aromatic rings. The molecule has 0 bridgehead atoms. The Morgan fingerprint density at radius 1 is 0.756 bits per heavy atom. The van der Waals surface area contributed by atoms with Crippen LogP contribution in [0.2, 0.25) is 0 Å². The van der Waals surface area contributed by atoms with Crippen molar-refractivity contribution in [1.29, 1.82) is 5.26 Å². The number of rotatable bonds is 15. The topological polar surface area (TPSA) is 138 Å². The maximum absolute atomic E-state index is 12.7. The van der Waals surface area contributed by atoms with Crippen LogP contribution in [0.15, 0.2) is 97.1 Å². The number of anilines is 2. The van der Waals surface area contributed by atoms with Gasteiger partial charge in [0.05, 0.1) is 24.8 Å². The number of esters is 2. The Morgan fingerprint density at radius 3 is 2.13 bits per heavy atom. The van der Waals surface area contributed by atoms with Crippen molar-refractivity contribution in [2.24, 2.45) is 0 Å². The summed E-state index contributed by atoms with van der Waals surface area (Å²) in [5.41, 5.74) is 17.3. The molecular formula is C37H37N3O5. The van der Waals surface area contributed by atoms with E-state index in [1.54, 1.807) is 48.5 Å². The van der Waals surface area contributed by atoms with E-state index < -0.39 is 11.9 Å². The van der Waals surface area contributed by atoms with Crippen molar-refractivity contribution >= 4 is 29.4 Å². The number of unbranched alkanes of at least 4 members (excludes halogenated alkanes) is 3. The number of aryl methyl sites for hydroxylation is 1. The van der Waals surface area contributed by atoms with Gasteiger partial charge >= 0.3 is 11.9 Å². The van der Waals surface area contributed by atoms with E-state index in [4.69, 9.17) is 30.9 Å². The van der Waals surface area contributed by atoms with E-state index in [1.165, 1.54) is 6.08 Å². The third-order valence-electron chi connectivity index (χ3n) is 7.02. The molecule has 0 aromatic heterocycles. The molecule has 0 amide bonds. The van der Waals surface area contributed by atoms with Crippen molar-refractivity contribution in [3.8, 4) is 28.7 Å². The van der Waals surface area contributed by atoms with Crippen LogP contribution in [0.25, 0.3) is 17.2 Å². The summed E-state index contributed by atoms with van der Waals surface area (Å²) >= 11 is 0. The number of nitriles is 1. The average Bonchev–Trinajstić information content (AvgIpc) is 3.05. The van der Waals surface area contributed by atoms with Gasteiger partial charge in [-0.05, 0) is 109 Å². The monoisotopic (exact) mass is 603 g/mol. The van der Waals surface area contributed by atoms with Crippen molar-refractivity contribution in [3.63, 3.8) is 0 Å². The van der Waals surface area contributed by atoms with Crippen LogP contribution < -0.4 is 20.9 Å². The zero-order chi connectivity index (χ0) is 31.9. The minimum atomic E-state index is -0.466. The van der Waals surface area contributed by atoms with E-state index in [2.05, 4.69) is 6.07 Å². The predicted molar refractivity (Wildman–Crippen MR) is 176 cm³/mol. The summed E-state index contributed by atoms with van der Waals surface area (Å²) in [6.45, 7) is 0.853. The molecule has 0 saturated heterocycles. The van der Waals surface area contributed by atoms with Gasteiger partial charge in [0.15, 0.2) is 0 Å². The van der Waals surface area contributed by atoms with Crippen molar-refractivity contribution in [2.75, 3.05) is 24.7 Å². The molecule has 0 fully saturated rings. The lowest BCUT2D eigenvalue weighted by Crippen LogP contribution is -2.08. The maximum atomic E-state index is 12.7. The third-order valence-corrected chi connectivity index (χ3v) is 7.02. The summed E-state index contributed by atoms with van der Waals surface area (Å²) in [5.74, 6) is 0.271. The molecule has 4 aromatic carbocycles. The number of nitrogen functional groups attached to an aromatic ring is 2. The lowest BCUT2D eigenvalue weighted by atomic mass is 10.0. The fourth-order valence-corrected chi connectivity index (χ4v) is 4.52. The second-order valence-electron chi connectivity index (χ2n) is 10.4. The minimum absolute atomic E-state index is 0.350. The average molecular weight is 604 g/mol. The first-order valence-corrected chi connectivity index (χ1v) is 14.9. The molecule has 230 valence electrons. The Bertz CT molecular complexity index is 1620. The molecule has 0 heterocycles. The Balaban J connectivity index is 1.16. The molecule has 4 rings (SSSR count). The molecule has 0 unspecified atom stereocenters. The summed E-state index contributed by atoms with van der Waals surface area (Å²) in [7, 11) is 0. The number of hydrogen-bond acceptors (Lipinski definition) is 8. The van der Waals surface area contributed by atoms with Crippen LogP contribution in [0.3, 0.4) is 0 Å². The molecule has 8 nitrogen and oxygen atoms in total. The van der Waals surface area contributed by atoms with Crippen LogP contribution >= 0.6 is 0 Å². The molecule has 0 saturated carbocycles. The molecule has 0 radical (unpaired) electrons. The van der Waals surface area contributed by atoms with Gasteiger partial charge in [-0.3, -0.25) is 0 Å². The summed E-state index contributed by atoms with van der Waals surface area (Å²) in [6.07, 6.45) is 7.70. The van der Waals surface area contributed by atoms with E-state index in [-0.39, 0.29) is 0 Å². The van der Waals surface area contributed by atoms with Crippen LogP contribution in [0.4, 0.5) is 11.4 Å². The molecule has 0 aliphatic carbocycles. The Hall–Kier alpha value is -5.55. The fourth-order valence-electron chi connectivity index (χ4n) is 4.52. The highest BCUT2D eigenvalue weighted by Crippen LogP contribution is 2.24. The number of benzene rings is 4. The first-order chi connectivity index (χ1) is 21.9. The zero-order valence-corrected chi connectivity index (χ0v) is 25.1. The second kappa shape index (κ2) is 16.9. The van der Waals surface area contributed by atoms with Crippen molar-refractivity contribution in [2.45, 2.75) is 38.5 Å². The summed E-state index contributed by atoms with van der Waals surface area (Å²) < 4.78 is 16.4. The van der Waals surface area contributed by atoms with E-state index in [1.807, 2.05) is 48.5 Å². The van der Waals surface area contributed by atoms with Gasteiger partial charge in [0, 0.05) is 23.9 Å². The van der Waals surface area contributed by atoms with Gasteiger partial charge in [0.1, 0.15) is 11.5 Å². The standard InChI is InChI=1S/C37H37N3O5/c38-23-3-5-24-43-33-20-15-29(16-21-33)28-10-12-31(13-11-28)37(42)45-34-18-7-27(8-19-34)9-22-36(41)44-25-4-1-2-6-30-14-17-32(39)26-35(30)40/h7-22,26H,1-6,24-25,39-40H2. The smallest absolute Gasteiger partial charge is 0.343 e. The van der Waals surface area contributed by atoms with E-state index >= 15 is 0 Å². The molecular weight excluding hydrogens is 566 g/mol. The Kier molecular flexibility index (Phi) is 12.2. The van der Waals surface area contributed by atoms with Crippen LogP contribution in [-0.2, 0) is 16.0 Å². The van der Waals surface area contributed by atoms with E-state index in [0.717, 1.165) is 53.7 Å². The summed E-state index contributed by atoms with van der Waals surface area (Å²) in [4.78, 5) is 24.8. The van der Waals surface area contributed by atoms with Gasteiger partial charge in [-0.15, -0.1) is 0 Å². The largest absolute Gasteiger partial charge is 0.494 e. The minimum Gasteiger partial charge on any atom is -0.494 e. The number of hydrogen-bond donors (Lipinski definition) is 2. The normalized spacial score (nSPS) is 10.7. The maximum Gasteiger partial charge on any atom is 0.343 e. The van der Waals surface area contributed by atoms with Gasteiger partial charge in [0.2, 0.25) is 0 Å². The van der Waals surface area contributed by atoms with E-state index in [9.17, 15) is 9.59 Å². The molecule has 45 heavy (non-hydrogen) atoms. The number of ether oxygens (including phenoxy) is 3. The first kappa shape index (κ1) is 32.4. The van der Waals surface area contributed by atoms with Gasteiger partial charge < -0.3 is 25.7 Å². The van der Waals surface area contributed by atoms with Crippen LogP contribution in [0.5, 0.6) is 11.5 Å². The number of nitrogens with two attached hydrogens (primary N) is 2. The van der Waals surface area contributed by atoms with Gasteiger partial charge in [-0.25, -0.2) is 9.59 Å². The number of carbonyl (C=O) groups is 2. The van der Waals surface area contributed by atoms with Crippen LogP contribution in [-0.4, -0.2) is 25.2 Å². The SMILES string of the molecule is N#CCCCOc1ccc(-c2ccc(C(=O)Oc3ccc(C=CC(=O)OCCCCCc4ccc(N)cc4N)cc3)cc2)cc1. The molecule has 0 spiro atoms. The van der Waals surface area contributed by atoms with Crippen molar-refractivity contribution in [1.82, 2.24) is 0 Å². The highest BCUT2D eigenvalue weighted by atomic mass is 16.5. The fraction of sp³-hybridized carbons (Fsp3) is 0.216. The predicted octanol–water partition coefficient (Wildman–Crippen LogP) is 7.39. The van der Waals surface area contributed by atoms with E-state index in [0.29, 0.717) is 48.7 Å². The lowest BCUT2D eigenvalue weighted by molar-refractivity contribution is -0.137. The molecule has 0 aliphatic heterocycles. The molecule has 8 heteroatoms. The molecule has 0 aliphatic rings. The zero-order valence-electron chi connectivity index (χ0n) is 25.1. The summed E-state index contributed by atoms with van der Waals surface area (Å²) in [5, 5.41) is 8.61. The molecule has 4 N–H and O–H groups in total. The van der Waals surface area contributed by atoms with Gasteiger partial charge in [-0.2, -0.15) is 5.26 Å². The highest BCUT2D eigenvalue weighted by molar-refractivity contribution is 5.91. The third kappa shape index (κ3) is 10.6. The van der Waals surface area contributed by atoms with Crippen molar-refractivity contribution in [3.05, 3.63) is 114 Å².